The van der Waals surface area contributed by atoms with Crippen molar-refractivity contribution in [3.63, 3.8) is 0 Å². The molecule has 2 aromatic carbocycles. The van der Waals surface area contributed by atoms with Gasteiger partial charge in [0.15, 0.2) is 15.7 Å². The maximum absolute atomic E-state index is 14.9. The first-order valence-corrected chi connectivity index (χ1v) is 12.1. The predicted molar refractivity (Wildman–Crippen MR) is 131 cm³/mol. The predicted octanol–water partition coefficient (Wildman–Crippen LogP) is 4.62. The minimum absolute atomic E-state index is 0.0996. The molecule has 172 valence electrons. The Hall–Kier alpha value is -4.11. The number of sulfone groups is 1. The van der Waals surface area contributed by atoms with Gasteiger partial charge in [-0.3, -0.25) is 9.78 Å². The van der Waals surface area contributed by atoms with Gasteiger partial charge >= 0.3 is 0 Å². The number of halogens is 1. The van der Waals surface area contributed by atoms with E-state index in [9.17, 15) is 17.6 Å². The van der Waals surface area contributed by atoms with Gasteiger partial charge in [0.2, 0.25) is 0 Å². The van der Waals surface area contributed by atoms with Gasteiger partial charge in [-0.25, -0.2) is 17.8 Å². The summed E-state index contributed by atoms with van der Waals surface area (Å²) in [7, 11) is -3.47. The number of benzene rings is 2. The van der Waals surface area contributed by atoms with Gasteiger partial charge in [-0.1, -0.05) is 24.3 Å². The van der Waals surface area contributed by atoms with Crippen LogP contribution in [0.3, 0.4) is 0 Å². The topological polar surface area (TPSA) is 115 Å². The molecule has 9 heteroatoms. The molecule has 4 rings (SSSR count). The Morgan fingerprint density at radius 2 is 1.76 bits per heavy atom. The summed E-state index contributed by atoms with van der Waals surface area (Å²) in [5.74, 6) is -1.50. The molecule has 0 aliphatic carbocycles. The van der Waals surface area contributed by atoms with E-state index < -0.39 is 21.6 Å². The highest BCUT2D eigenvalue weighted by molar-refractivity contribution is 7.90. The standard InChI is InChI=1S/C25H21FN4O3S/c1-15(18-4-3-17-9-12-29-24(27)21(17)13-18)23(26)25(31)30-19-7-5-16(6-8-19)20-10-11-28-14-22(20)34(2,32)33/h3-14H,1-2H3,(H2,27,29)(H,30,31)/b23-15+. The van der Waals surface area contributed by atoms with Crippen molar-refractivity contribution in [2.75, 3.05) is 17.3 Å². The Morgan fingerprint density at radius 3 is 2.47 bits per heavy atom. The number of nitrogens with one attached hydrogen (secondary N) is 1. The second-order valence-electron chi connectivity index (χ2n) is 7.75. The summed E-state index contributed by atoms with van der Waals surface area (Å²) >= 11 is 0. The molecule has 0 aliphatic heterocycles. The van der Waals surface area contributed by atoms with Gasteiger partial charge in [0.1, 0.15) is 5.82 Å². The van der Waals surface area contributed by atoms with Gasteiger partial charge in [0.05, 0.1) is 4.90 Å². The van der Waals surface area contributed by atoms with Gasteiger partial charge in [-0.05, 0) is 59.3 Å². The van der Waals surface area contributed by atoms with Crippen molar-refractivity contribution in [1.29, 1.82) is 0 Å². The highest BCUT2D eigenvalue weighted by Gasteiger charge is 2.17. The summed E-state index contributed by atoms with van der Waals surface area (Å²) in [4.78, 5) is 20.6. The molecule has 0 spiro atoms. The lowest BCUT2D eigenvalue weighted by atomic mass is 10.0. The molecule has 4 aromatic rings. The van der Waals surface area contributed by atoms with E-state index in [-0.39, 0.29) is 10.5 Å². The van der Waals surface area contributed by atoms with Crippen molar-refractivity contribution >= 4 is 43.6 Å². The zero-order valence-electron chi connectivity index (χ0n) is 18.4. The molecule has 3 N–H and O–H groups in total. The summed E-state index contributed by atoms with van der Waals surface area (Å²) < 4.78 is 39.0. The summed E-state index contributed by atoms with van der Waals surface area (Å²) in [6.45, 7) is 1.52. The Kier molecular flexibility index (Phi) is 6.12. The van der Waals surface area contributed by atoms with Gasteiger partial charge in [0, 0.05) is 41.5 Å². The third-order valence-electron chi connectivity index (χ3n) is 5.40. The van der Waals surface area contributed by atoms with E-state index in [0.717, 1.165) is 11.6 Å². The fourth-order valence-corrected chi connectivity index (χ4v) is 4.39. The first-order chi connectivity index (χ1) is 16.1. The Bertz CT molecular complexity index is 1550. The highest BCUT2D eigenvalue weighted by atomic mass is 32.2. The van der Waals surface area contributed by atoms with Crippen LogP contribution in [0.5, 0.6) is 0 Å². The molecular formula is C25H21FN4O3S. The third kappa shape index (κ3) is 4.65. The van der Waals surface area contributed by atoms with Crippen LogP contribution in [0.15, 0.2) is 83.9 Å². The van der Waals surface area contributed by atoms with Crippen molar-refractivity contribution in [2.24, 2.45) is 0 Å². The van der Waals surface area contributed by atoms with E-state index in [1.54, 1.807) is 60.8 Å². The molecule has 34 heavy (non-hydrogen) atoms. The first-order valence-electron chi connectivity index (χ1n) is 10.2. The highest BCUT2D eigenvalue weighted by Crippen LogP contribution is 2.29. The van der Waals surface area contributed by atoms with E-state index >= 15 is 0 Å². The van der Waals surface area contributed by atoms with Crippen LogP contribution < -0.4 is 11.1 Å². The normalized spacial score (nSPS) is 12.3. The average Bonchev–Trinajstić information content (AvgIpc) is 2.83. The smallest absolute Gasteiger partial charge is 0.284 e. The number of nitrogens with zero attached hydrogens (tertiary/aromatic N) is 2. The molecule has 7 nitrogen and oxygen atoms in total. The Morgan fingerprint density at radius 1 is 1.03 bits per heavy atom. The van der Waals surface area contributed by atoms with E-state index in [4.69, 9.17) is 5.73 Å². The fourth-order valence-electron chi connectivity index (χ4n) is 3.55. The number of carbonyl (C=O) groups excluding carboxylic acids is 1. The number of allylic oxidation sites excluding steroid dienone is 1. The lowest BCUT2D eigenvalue weighted by molar-refractivity contribution is -0.114. The van der Waals surface area contributed by atoms with Crippen molar-refractivity contribution in [1.82, 2.24) is 9.97 Å². The molecule has 0 unspecified atom stereocenters. The number of aromatic nitrogens is 2. The average molecular weight is 477 g/mol. The van der Waals surface area contributed by atoms with Gasteiger partial charge in [-0.2, -0.15) is 0 Å². The number of amides is 1. The van der Waals surface area contributed by atoms with Gasteiger partial charge < -0.3 is 11.1 Å². The van der Waals surface area contributed by atoms with Crippen molar-refractivity contribution in [3.8, 4) is 11.1 Å². The van der Waals surface area contributed by atoms with Crippen LogP contribution in [-0.2, 0) is 14.6 Å². The number of nitrogens with two attached hydrogens (primary N) is 1. The number of nitrogen functional groups attached to an aromatic ring is 1. The zero-order valence-corrected chi connectivity index (χ0v) is 19.2. The fraction of sp³-hybridized carbons (Fsp3) is 0.0800. The maximum Gasteiger partial charge on any atom is 0.284 e. The lowest BCUT2D eigenvalue weighted by Gasteiger charge is -2.10. The summed E-state index contributed by atoms with van der Waals surface area (Å²) in [5, 5.41) is 4.06. The van der Waals surface area contributed by atoms with Crippen LogP contribution >= 0.6 is 0 Å². The van der Waals surface area contributed by atoms with Gasteiger partial charge in [0.25, 0.3) is 5.91 Å². The Balaban J connectivity index is 1.57. The van der Waals surface area contributed by atoms with E-state index in [2.05, 4.69) is 15.3 Å². The molecule has 0 bridgehead atoms. The summed E-state index contributed by atoms with van der Waals surface area (Å²) in [6, 6.07) is 15.0. The molecule has 1 amide bonds. The molecule has 0 saturated carbocycles. The Labute approximate surface area is 196 Å². The van der Waals surface area contributed by atoms with Crippen molar-refractivity contribution in [3.05, 3.63) is 84.6 Å². The molecule has 2 heterocycles. The molecule has 2 aromatic heterocycles. The number of carbonyl (C=O) groups is 1. The minimum Gasteiger partial charge on any atom is -0.383 e. The first kappa shape index (κ1) is 23.1. The number of fused-ring (bicyclic) bond motifs is 1. The second kappa shape index (κ2) is 9.03. The van der Waals surface area contributed by atoms with E-state index in [1.807, 2.05) is 0 Å². The molecule has 0 saturated heterocycles. The molecule has 0 radical (unpaired) electrons. The number of anilines is 2. The molecule has 0 atom stereocenters. The van der Waals surface area contributed by atoms with E-state index in [1.165, 1.54) is 19.3 Å². The second-order valence-corrected chi connectivity index (χ2v) is 9.73. The van der Waals surface area contributed by atoms with Crippen LogP contribution in [0.1, 0.15) is 12.5 Å². The minimum atomic E-state index is -3.47. The number of rotatable bonds is 5. The van der Waals surface area contributed by atoms with Crippen LogP contribution in [0.2, 0.25) is 0 Å². The molecule has 0 aliphatic rings. The quantitative estimate of drug-likeness (QED) is 0.406. The number of hydrogen-bond acceptors (Lipinski definition) is 6. The van der Waals surface area contributed by atoms with Crippen molar-refractivity contribution < 1.29 is 17.6 Å². The van der Waals surface area contributed by atoms with Gasteiger partial charge in [-0.15, -0.1) is 0 Å². The van der Waals surface area contributed by atoms with Crippen LogP contribution in [-0.4, -0.2) is 30.5 Å². The molecular weight excluding hydrogens is 455 g/mol. The van der Waals surface area contributed by atoms with E-state index in [0.29, 0.717) is 33.6 Å². The maximum atomic E-state index is 14.9. The van der Waals surface area contributed by atoms with Crippen LogP contribution in [0.4, 0.5) is 15.9 Å². The monoisotopic (exact) mass is 476 g/mol. The van der Waals surface area contributed by atoms with Crippen molar-refractivity contribution in [2.45, 2.75) is 11.8 Å². The lowest BCUT2D eigenvalue weighted by Crippen LogP contribution is -2.13. The largest absolute Gasteiger partial charge is 0.383 e. The molecule has 0 fully saturated rings. The third-order valence-corrected chi connectivity index (χ3v) is 6.52. The number of hydrogen-bond donors (Lipinski definition) is 2. The van der Waals surface area contributed by atoms with Crippen LogP contribution in [0, 0.1) is 0 Å². The summed E-state index contributed by atoms with van der Waals surface area (Å²) in [6.07, 6.45) is 5.49. The van der Waals surface area contributed by atoms with Crippen LogP contribution in [0.25, 0.3) is 27.5 Å². The zero-order chi connectivity index (χ0) is 24.5. The summed E-state index contributed by atoms with van der Waals surface area (Å²) in [5.41, 5.74) is 8.06. The number of pyridine rings is 2. The SMILES string of the molecule is C/C(=C(\F)C(=O)Nc1ccc(-c2ccncc2S(C)(=O)=O)cc1)c1ccc2ccnc(N)c2c1.